The Hall–Kier alpha value is -2.93. The molecule has 1 aliphatic carbocycles. The standard InChI is InChI=1S/C20H20N4O2S/c1-12-7-8-16-14(9-12)10-17(27-16)20(26)24-23-19(25)15-11-21-22-18(15)13-5-3-2-4-6-13/h2-6,10-12H,7-9H2,1H3,(H,21,22)(H,23,25)(H,24,26)/t12-/m0/s1. The second-order valence-electron chi connectivity index (χ2n) is 6.84. The molecule has 0 aliphatic heterocycles. The van der Waals surface area contributed by atoms with Gasteiger partial charge in [-0.25, -0.2) is 0 Å². The first-order valence-corrected chi connectivity index (χ1v) is 9.74. The van der Waals surface area contributed by atoms with E-state index < -0.39 is 5.91 Å². The lowest BCUT2D eigenvalue weighted by atomic mass is 9.90. The predicted octanol–water partition coefficient (Wildman–Crippen LogP) is 3.34. The third-order valence-electron chi connectivity index (χ3n) is 4.79. The lowest BCUT2D eigenvalue weighted by Crippen LogP contribution is -2.41. The van der Waals surface area contributed by atoms with Crippen LogP contribution in [0.1, 0.15) is 43.8 Å². The van der Waals surface area contributed by atoms with Gasteiger partial charge in [0.05, 0.1) is 22.3 Å². The molecule has 1 atom stereocenters. The number of nitrogens with one attached hydrogen (secondary N) is 3. The minimum absolute atomic E-state index is 0.292. The van der Waals surface area contributed by atoms with Crippen molar-refractivity contribution >= 4 is 23.2 Å². The largest absolute Gasteiger partial charge is 0.279 e. The highest BCUT2D eigenvalue weighted by molar-refractivity contribution is 7.14. The number of amides is 2. The predicted molar refractivity (Wildman–Crippen MR) is 104 cm³/mol. The van der Waals surface area contributed by atoms with Gasteiger partial charge in [-0.15, -0.1) is 11.3 Å². The van der Waals surface area contributed by atoms with E-state index in [1.807, 2.05) is 36.4 Å². The van der Waals surface area contributed by atoms with Crippen molar-refractivity contribution < 1.29 is 9.59 Å². The van der Waals surface area contributed by atoms with Gasteiger partial charge in [0.15, 0.2) is 0 Å². The minimum Gasteiger partial charge on any atom is -0.277 e. The highest BCUT2D eigenvalue weighted by Gasteiger charge is 2.21. The summed E-state index contributed by atoms with van der Waals surface area (Å²) in [4.78, 5) is 26.8. The Balaban J connectivity index is 1.43. The van der Waals surface area contributed by atoms with Gasteiger partial charge in [-0.05, 0) is 36.8 Å². The Bertz CT molecular complexity index is 977. The lowest BCUT2D eigenvalue weighted by Gasteiger charge is -2.16. The molecule has 3 N–H and O–H groups in total. The van der Waals surface area contributed by atoms with E-state index in [4.69, 9.17) is 0 Å². The number of carbonyl (C=O) groups is 2. The Kier molecular flexibility index (Phi) is 4.77. The number of fused-ring (bicyclic) bond motifs is 1. The maximum Gasteiger partial charge on any atom is 0.279 e. The fourth-order valence-electron chi connectivity index (χ4n) is 3.34. The number of aromatic nitrogens is 2. The Morgan fingerprint density at radius 1 is 1.19 bits per heavy atom. The molecule has 27 heavy (non-hydrogen) atoms. The van der Waals surface area contributed by atoms with E-state index >= 15 is 0 Å². The highest BCUT2D eigenvalue weighted by atomic mass is 32.1. The number of aryl methyl sites for hydroxylation is 1. The van der Waals surface area contributed by atoms with Crippen LogP contribution in [0.25, 0.3) is 11.3 Å². The topological polar surface area (TPSA) is 86.9 Å². The molecule has 0 spiro atoms. The van der Waals surface area contributed by atoms with Gasteiger partial charge >= 0.3 is 0 Å². The summed E-state index contributed by atoms with van der Waals surface area (Å²) in [6.45, 7) is 2.23. The average molecular weight is 380 g/mol. The van der Waals surface area contributed by atoms with E-state index in [0.717, 1.165) is 24.8 Å². The number of benzene rings is 1. The summed E-state index contributed by atoms with van der Waals surface area (Å²) in [5.41, 5.74) is 8.11. The first-order chi connectivity index (χ1) is 13.1. The molecule has 0 saturated heterocycles. The smallest absolute Gasteiger partial charge is 0.277 e. The molecule has 1 aliphatic rings. The summed E-state index contributed by atoms with van der Waals surface area (Å²) in [6, 6.07) is 11.4. The second kappa shape index (κ2) is 7.36. The summed E-state index contributed by atoms with van der Waals surface area (Å²) in [5.74, 6) is -0.0498. The van der Waals surface area contributed by atoms with Gasteiger partial charge in [-0.1, -0.05) is 37.3 Å². The molecule has 0 radical (unpaired) electrons. The summed E-state index contributed by atoms with van der Waals surface area (Å²) in [5, 5.41) is 6.80. The molecule has 7 heteroatoms. The zero-order valence-electron chi connectivity index (χ0n) is 14.9. The monoisotopic (exact) mass is 380 g/mol. The number of carbonyl (C=O) groups excluding carboxylic acids is 2. The molecule has 0 fully saturated rings. The van der Waals surface area contributed by atoms with Crippen LogP contribution in [-0.2, 0) is 12.8 Å². The first-order valence-electron chi connectivity index (χ1n) is 8.93. The lowest BCUT2D eigenvalue weighted by molar-refractivity contribution is 0.0849. The van der Waals surface area contributed by atoms with E-state index in [-0.39, 0.29) is 5.91 Å². The minimum atomic E-state index is -0.411. The number of H-pyrrole nitrogens is 1. The quantitative estimate of drug-likeness (QED) is 0.609. The molecular weight excluding hydrogens is 360 g/mol. The van der Waals surface area contributed by atoms with Gasteiger partial charge in [0, 0.05) is 10.4 Å². The van der Waals surface area contributed by atoms with E-state index in [1.54, 1.807) is 0 Å². The Morgan fingerprint density at radius 2 is 1.96 bits per heavy atom. The maximum atomic E-state index is 12.5. The number of nitrogens with zero attached hydrogens (tertiary/aromatic N) is 1. The van der Waals surface area contributed by atoms with Crippen molar-refractivity contribution in [3.8, 4) is 11.3 Å². The number of hydrogen-bond acceptors (Lipinski definition) is 4. The third-order valence-corrected chi connectivity index (χ3v) is 6.02. The van der Waals surface area contributed by atoms with Crippen molar-refractivity contribution in [1.82, 2.24) is 21.0 Å². The van der Waals surface area contributed by atoms with Gasteiger partial charge in [0.1, 0.15) is 0 Å². The van der Waals surface area contributed by atoms with Crippen molar-refractivity contribution in [3.63, 3.8) is 0 Å². The molecule has 1 aromatic carbocycles. The SMILES string of the molecule is C[C@H]1CCc2sc(C(=O)NNC(=O)c3cn[nH]c3-c3ccccc3)cc2C1. The van der Waals surface area contributed by atoms with Crippen LogP contribution in [0.4, 0.5) is 0 Å². The van der Waals surface area contributed by atoms with Gasteiger partial charge in [0.2, 0.25) is 0 Å². The number of hydrazine groups is 1. The molecular formula is C20H20N4O2S. The van der Waals surface area contributed by atoms with Crippen molar-refractivity contribution in [1.29, 1.82) is 0 Å². The molecule has 0 bridgehead atoms. The molecule has 2 amide bonds. The van der Waals surface area contributed by atoms with E-state index in [2.05, 4.69) is 28.0 Å². The van der Waals surface area contributed by atoms with Crippen LogP contribution in [0, 0.1) is 5.92 Å². The molecule has 0 unspecified atom stereocenters. The van der Waals surface area contributed by atoms with Crippen molar-refractivity contribution in [2.24, 2.45) is 5.92 Å². The molecule has 2 aromatic heterocycles. The fraction of sp³-hybridized carbons (Fsp3) is 0.250. The summed E-state index contributed by atoms with van der Waals surface area (Å²) < 4.78 is 0. The second-order valence-corrected chi connectivity index (χ2v) is 7.98. The van der Waals surface area contributed by atoms with Crippen LogP contribution < -0.4 is 10.9 Å². The fourth-order valence-corrected chi connectivity index (χ4v) is 4.45. The van der Waals surface area contributed by atoms with Gasteiger partial charge in [-0.2, -0.15) is 5.10 Å². The summed E-state index contributed by atoms with van der Waals surface area (Å²) >= 11 is 1.51. The summed E-state index contributed by atoms with van der Waals surface area (Å²) in [7, 11) is 0. The number of aromatic amines is 1. The zero-order valence-corrected chi connectivity index (χ0v) is 15.7. The van der Waals surface area contributed by atoms with Gasteiger partial charge in [0.25, 0.3) is 11.8 Å². The van der Waals surface area contributed by atoms with Crippen LogP contribution in [0.5, 0.6) is 0 Å². The van der Waals surface area contributed by atoms with Crippen molar-refractivity contribution in [3.05, 3.63) is 63.5 Å². The van der Waals surface area contributed by atoms with Gasteiger partial charge < -0.3 is 0 Å². The Morgan fingerprint density at radius 3 is 2.78 bits per heavy atom. The third kappa shape index (κ3) is 3.64. The number of thiophene rings is 1. The molecule has 0 saturated carbocycles. The average Bonchev–Trinajstić information content (AvgIpc) is 3.33. The number of hydrogen-bond donors (Lipinski definition) is 3. The first kappa shape index (κ1) is 17.5. The van der Waals surface area contributed by atoms with Crippen LogP contribution in [0.15, 0.2) is 42.6 Å². The summed E-state index contributed by atoms with van der Waals surface area (Å²) in [6.07, 6.45) is 4.65. The van der Waals surface area contributed by atoms with Crippen LogP contribution >= 0.6 is 11.3 Å². The molecule has 2 heterocycles. The van der Waals surface area contributed by atoms with Crippen LogP contribution in [0.3, 0.4) is 0 Å². The van der Waals surface area contributed by atoms with Crippen molar-refractivity contribution in [2.45, 2.75) is 26.2 Å². The highest BCUT2D eigenvalue weighted by Crippen LogP contribution is 2.32. The zero-order chi connectivity index (χ0) is 18.8. The Labute approximate surface area is 161 Å². The van der Waals surface area contributed by atoms with Crippen molar-refractivity contribution in [2.75, 3.05) is 0 Å². The van der Waals surface area contributed by atoms with E-state index in [9.17, 15) is 9.59 Å². The van der Waals surface area contributed by atoms with E-state index in [1.165, 1.54) is 28.0 Å². The normalized spacial score (nSPS) is 15.8. The van der Waals surface area contributed by atoms with Crippen LogP contribution in [0.2, 0.25) is 0 Å². The van der Waals surface area contributed by atoms with Crippen LogP contribution in [-0.4, -0.2) is 22.0 Å². The number of rotatable bonds is 3. The van der Waals surface area contributed by atoms with E-state index in [0.29, 0.717) is 22.1 Å². The molecule has 138 valence electrons. The molecule has 6 nitrogen and oxygen atoms in total. The molecule has 3 aromatic rings. The maximum absolute atomic E-state index is 12.5. The molecule has 4 rings (SSSR count). The van der Waals surface area contributed by atoms with Gasteiger partial charge in [-0.3, -0.25) is 25.5 Å².